The third-order valence-corrected chi connectivity index (χ3v) is 5.46. The summed E-state index contributed by atoms with van der Waals surface area (Å²) in [6.07, 6.45) is 3.21. The van der Waals surface area contributed by atoms with Gasteiger partial charge in [-0.25, -0.2) is 18.7 Å². The van der Waals surface area contributed by atoms with E-state index in [4.69, 9.17) is 0 Å². The third-order valence-electron chi connectivity index (χ3n) is 5.46. The van der Waals surface area contributed by atoms with Crippen LogP contribution in [0.1, 0.15) is 16.9 Å². The molecule has 1 aliphatic heterocycles. The molecule has 0 aromatic carbocycles. The quantitative estimate of drug-likeness (QED) is 0.464. The number of amides is 3. The molecular weight excluding hydrogens is 460 g/mol. The number of aromatic nitrogens is 4. The van der Waals surface area contributed by atoms with Crippen LogP contribution in [0.25, 0.3) is 11.4 Å². The van der Waals surface area contributed by atoms with Crippen LogP contribution in [0.3, 0.4) is 0 Å². The summed E-state index contributed by atoms with van der Waals surface area (Å²) in [4.78, 5) is 46.4. The number of carbonyl (C=O) groups is 3. The van der Waals surface area contributed by atoms with Gasteiger partial charge >= 0.3 is 0 Å². The smallest absolute Gasteiger partial charge is 0.275 e. The van der Waals surface area contributed by atoms with Crippen molar-refractivity contribution in [1.29, 1.82) is 0 Å². The molecule has 0 radical (unpaired) electrons. The van der Waals surface area contributed by atoms with Crippen LogP contribution < -0.4 is 10.6 Å². The molecule has 1 unspecified atom stereocenters. The molecule has 1 atom stereocenters. The first kappa shape index (κ1) is 23.7. The summed E-state index contributed by atoms with van der Waals surface area (Å²) in [6, 6.07) is 9.49. The summed E-state index contributed by atoms with van der Waals surface area (Å²) >= 11 is 0. The number of pyridine rings is 2. The molecule has 0 saturated carbocycles. The average Bonchev–Trinajstić information content (AvgIpc) is 3.40. The van der Waals surface area contributed by atoms with Crippen molar-refractivity contribution in [3.63, 3.8) is 0 Å². The number of hydrogen-bond donors (Lipinski definition) is 3. The molecule has 3 amide bonds. The largest absolute Gasteiger partial charge is 0.338 e. The van der Waals surface area contributed by atoms with E-state index in [1.165, 1.54) is 29.3 Å². The zero-order chi connectivity index (χ0) is 25.0. The fraction of sp³-hybridized carbons (Fsp3) is 0.217. The Morgan fingerprint density at radius 2 is 2.00 bits per heavy atom. The van der Waals surface area contributed by atoms with Crippen molar-refractivity contribution < 1.29 is 23.2 Å². The van der Waals surface area contributed by atoms with E-state index in [1.807, 2.05) is 0 Å². The monoisotopic (exact) mass is 481 g/mol. The van der Waals surface area contributed by atoms with Crippen molar-refractivity contribution in [3.05, 3.63) is 67.1 Å². The summed E-state index contributed by atoms with van der Waals surface area (Å²) < 4.78 is 28.7. The number of halogens is 2. The van der Waals surface area contributed by atoms with Gasteiger partial charge in [-0.3, -0.25) is 19.5 Å². The highest BCUT2D eigenvalue weighted by atomic mass is 19.3. The molecule has 3 N–H and O–H groups in total. The van der Waals surface area contributed by atoms with Gasteiger partial charge in [0, 0.05) is 25.7 Å². The van der Waals surface area contributed by atoms with Crippen molar-refractivity contribution in [3.8, 4) is 11.4 Å². The number of rotatable bonds is 6. The van der Waals surface area contributed by atoms with E-state index in [2.05, 4.69) is 37.4 Å². The highest BCUT2D eigenvalue weighted by Gasteiger charge is 2.48. The van der Waals surface area contributed by atoms with Gasteiger partial charge in [-0.1, -0.05) is 12.6 Å². The van der Waals surface area contributed by atoms with Crippen LogP contribution in [0.2, 0.25) is 0 Å². The Hall–Kier alpha value is -4.48. The molecule has 1 fully saturated rings. The number of piperidine rings is 1. The first-order valence-corrected chi connectivity index (χ1v) is 10.6. The standard InChI is InChI=1S/C23H21F2N7O3/c1-2-20(33)32-11-9-23(24,25)15(13-32)21(34)28-14-6-7-19(26-12-14)30-22(35)18-5-3-4-16(29-18)17-8-10-27-31-17/h2-8,10,12,15H,1,9,11,13H2,(H,27,31)(H,28,34)(H,26,30,35). The molecule has 1 aliphatic rings. The van der Waals surface area contributed by atoms with Gasteiger partial charge in [0.05, 0.1) is 23.3 Å². The number of alkyl halides is 2. The number of anilines is 2. The molecule has 0 bridgehead atoms. The summed E-state index contributed by atoms with van der Waals surface area (Å²) in [7, 11) is 0. The van der Waals surface area contributed by atoms with E-state index >= 15 is 0 Å². The predicted octanol–water partition coefficient (Wildman–Crippen LogP) is 2.73. The third kappa shape index (κ3) is 5.37. The zero-order valence-corrected chi connectivity index (χ0v) is 18.4. The second kappa shape index (κ2) is 9.79. The minimum Gasteiger partial charge on any atom is -0.338 e. The molecule has 180 valence electrons. The summed E-state index contributed by atoms with van der Waals surface area (Å²) in [5.74, 6) is -6.76. The Kier molecular flexibility index (Phi) is 6.62. The van der Waals surface area contributed by atoms with E-state index in [9.17, 15) is 23.2 Å². The minimum atomic E-state index is -3.26. The second-order valence-electron chi connectivity index (χ2n) is 7.81. The summed E-state index contributed by atoms with van der Waals surface area (Å²) in [6.45, 7) is 2.77. The molecule has 4 heterocycles. The zero-order valence-electron chi connectivity index (χ0n) is 18.4. The molecule has 0 spiro atoms. The van der Waals surface area contributed by atoms with Gasteiger partial charge in [0.25, 0.3) is 11.8 Å². The maximum absolute atomic E-state index is 14.4. The lowest BCUT2D eigenvalue weighted by Gasteiger charge is -2.37. The molecule has 1 saturated heterocycles. The number of hydrogen-bond acceptors (Lipinski definition) is 6. The number of nitrogens with zero attached hydrogens (tertiary/aromatic N) is 4. The van der Waals surface area contributed by atoms with E-state index < -0.39 is 42.5 Å². The summed E-state index contributed by atoms with van der Waals surface area (Å²) in [5.41, 5.74) is 1.50. The Morgan fingerprint density at radius 3 is 2.69 bits per heavy atom. The Labute approximate surface area is 198 Å². The van der Waals surface area contributed by atoms with Gasteiger partial charge in [0.2, 0.25) is 11.8 Å². The Morgan fingerprint density at radius 1 is 1.17 bits per heavy atom. The van der Waals surface area contributed by atoms with Crippen LogP contribution >= 0.6 is 0 Å². The van der Waals surface area contributed by atoms with Gasteiger partial charge < -0.3 is 15.5 Å². The number of nitrogens with one attached hydrogen (secondary N) is 3. The van der Waals surface area contributed by atoms with Gasteiger partial charge in [-0.2, -0.15) is 5.10 Å². The Bertz CT molecular complexity index is 1250. The van der Waals surface area contributed by atoms with Gasteiger partial charge in [0.1, 0.15) is 17.4 Å². The SMILES string of the molecule is C=CC(=O)N1CCC(F)(F)C(C(=O)Nc2ccc(NC(=O)c3cccc(-c4ccn[nH]4)n3)nc2)C1. The van der Waals surface area contributed by atoms with E-state index in [1.54, 1.807) is 24.4 Å². The van der Waals surface area contributed by atoms with Crippen LogP contribution in [-0.4, -0.2) is 61.8 Å². The fourth-order valence-corrected chi connectivity index (χ4v) is 3.57. The fourth-order valence-electron chi connectivity index (χ4n) is 3.57. The predicted molar refractivity (Wildman–Crippen MR) is 122 cm³/mol. The molecule has 3 aromatic heterocycles. The number of aromatic amines is 1. The first-order chi connectivity index (χ1) is 16.8. The number of carbonyl (C=O) groups excluding carboxylic acids is 3. The van der Waals surface area contributed by atoms with Crippen LogP contribution in [0, 0.1) is 5.92 Å². The second-order valence-corrected chi connectivity index (χ2v) is 7.81. The molecule has 12 heteroatoms. The lowest BCUT2D eigenvalue weighted by molar-refractivity contribution is -0.151. The minimum absolute atomic E-state index is 0.148. The molecule has 0 aliphatic carbocycles. The lowest BCUT2D eigenvalue weighted by atomic mass is 9.92. The lowest BCUT2D eigenvalue weighted by Crippen LogP contribution is -2.53. The van der Waals surface area contributed by atoms with E-state index in [0.29, 0.717) is 11.4 Å². The van der Waals surface area contributed by atoms with Crippen molar-refractivity contribution in [2.24, 2.45) is 5.92 Å². The normalized spacial score (nSPS) is 16.9. The van der Waals surface area contributed by atoms with Crippen LogP contribution in [-0.2, 0) is 9.59 Å². The Balaban J connectivity index is 1.39. The topological polar surface area (TPSA) is 133 Å². The number of H-pyrrole nitrogens is 1. The highest BCUT2D eigenvalue weighted by molar-refractivity contribution is 6.02. The van der Waals surface area contributed by atoms with Crippen molar-refractivity contribution >= 4 is 29.2 Å². The molecule has 4 rings (SSSR count). The molecule has 3 aromatic rings. The number of likely N-dealkylation sites (tertiary alicyclic amines) is 1. The first-order valence-electron chi connectivity index (χ1n) is 10.6. The maximum atomic E-state index is 14.4. The van der Waals surface area contributed by atoms with Crippen LogP contribution in [0.15, 0.2) is 61.4 Å². The van der Waals surface area contributed by atoms with Crippen LogP contribution in [0.5, 0.6) is 0 Å². The molecule has 10 nitrogen and oxygen atoms in total. The average molecular weight is 481 g/mol. The van der Waals surface area contributed by atoms with Crippen molar-refractivity contribution in [1.82, 2.24) is 25.1 Å². The van der Waals surface area contributed by atoms with E-state index in [0.717, 1.165) is 6.08 Å². The van der Waals surface area contributed by atoms with Crippen LogP contribution in [0.4, 0.5) is 20.3 Å². The highest BCUT2D eigenvalue weighted by Crippen LogP contribution is 2.34. The van der Waals surface area contributed by atoms with Crippen molar-refractivity contribution in [2.45, 2.75) is 12.3 Å². The van der Waals surface area contributed by atoms with E-state index in [-0.39, 0.29) is 23.7 Å². The van der Waals surface area contributed by atoms with Gasteiger partial charge in [-0.15, -0.1) is 0 Å². The van der Waals surface area contributed by atoms with Gasteiger partial charge in [-0.05, 0) is 36.4 Å². The summed E-state index contributed by atoms with van der Waals surface area (Å²) in [5, 5.41) is 11.6. The molecule has 35 heavy (non-hydrogen) atoms. The molecular formula is C23H21F2N7O3. The maximum Gasteiger partial charge on any atom is 0.275 e. The van der Waals surface area contributed by atoms with Gasteiger partial charge in [0.15, 0.2) is 0 Å². The van der Waals surface area contributed by atoms with Crippen molar-refractivity contribution in [2.75, 3.05) is 23.7 Å².